The molecule has 4 aliphatic rings. The third-order valence-electron chi connectivity index (χ3n) is 12.8. The predicted octanol–water partition coefficient (Wildman–Crippen LogP) is 13.8. The van der Waals surface area contributed by atoms with Crippen LogP contribution in [0.15, 0.2) is 12.1 Å². The van der Waals surface area contributed by atoms with Crippen molar-refractivity contribution < 1.29 is 92.3 Å². The van der Waals surface area contributed by atoms with Crippen molar-refractivity contribution in [3.63, 3.8) is 0 Å². The first-order valence-corrected chi connectivity index (χ1v) is 20.7. The molecule has 73 heavy (non-hydrogen) atoms. The summed E-state index contributed by atoms with van der Waals surface area (Å²) in [7, 11) is 2.96. The van der Waals surface area contributed by atoms with Crippen LogP contribution in [0.1, 0.15) is 46.0 Å². The second-order valence-electron chi connectivity index (χ2n) is 17.5. The normalized spacial score (nSPS) is 16.2. The topological polar surface area (TPSA) is 57.4 Å². The number of H-pyrrole nitrogens is 2. The van der Waals surface area contributed by atoms with E-state index >= 15 is 70.2 Å². The number of fused-ring (bicyclic) bond motifs is 11. The zero-order valence-corrected chi connectivity index (χ0v) is 35.9. The van der Waals surface area contributed by atoms with Gasteiger partial charge in [0.25, 0.3) is 0 Å². The van der Waals surface area contributed by atoms with E-state index in [9.17, 15) is 17.6 Å². The maximum absolute atomic E-state index is 16.3. The average Bonchev–Trinajstić information content (AvgIpc) is 4.23. The fourth-order valence-electron chi connectivity index (χ4n) is 9.67. The Bertz CT molecular complexity index is 3460. The molecular weight excluding hydrogens is 1030 g/mol. The quantitative estimate of drug-likeness (QED) is 0.0799. The molecule has 2 N–H and O–H groups in total. The molecule has 6 heterocycles. The summed E-state index contributed by atoms with van der Waals surface area (Å²) in [6.45, 7) is -0.587. The molecule has 0 aliphatic carbocycles. The van der Waals surface area contributed by atoms with E-state index in [4.69, 9.17) is 0 Å². The lowest BCUT2D eigenvalue weighted by atomic mass is 9.86. The minimum absolute atomic E-state index is 0.234. The maximum atomic E-state index is 16.3. The van der Waals surface area contributed by atoms with Gasteiger partial charge in [-0.25, -0.2) is 97.8 Å². The van der Waals surface area contributed by atoms with Crippen LogP contribution in [0, 0.1) is 116 Å². The lowest BCUT2D eigenvalue weighted by molar-refractivity contribution is -0.879. The molecule has 2 unspecified atom stereocenters. The number of hydrogen-bond donors (Lipinski definition) is 2. The summed E-state index contributed by atoms with van der Waals surface area (Å²) in [4.78, 5) is 13.1. The van der Waals surface area contributed by atoms with Gasteiger partial charge in [0.1, 0.15) is 0 Å². The fraction of sp³-hybridized carbons (Fsp3) is 0.125. The largest absolute Gasteiger partial charge is 0.360 e. The first-order chi connectivity index (χ1) is 34.3. The van der Waals surface area contributed by atoms with Gasteiger partial charge in [0.05, 0.1) is 84.1 Å². The van der Waals surface area contributed by atoms with Crippen molar-refractivity contribution in [3.8, 4) is 44.5 Å². The Morgan fingerprint density at radius 3 is 0.795 bits per heavy atom. The third kappa shape index (κ3) is 6.96. The fourth-order valence-corrected chi connectivity index (χ4v) is 9.67. The van der Waals surface area contributed by atoms with Gasteiger partial charge in [0, 0.05) is 44.7 Å². The number of likely N-dealkylation sites (tertiary alicyclic amines) is 1. The van der Waals surface area contributed by atoms with Gasteiger partial charge in [-0.05, 0) is 36.4 Å². The highest BCUT2D eigenvalue weighted by molar-refractivity contribution is 5.97. The van der Waals surface area contributed by atoms with E-state index in [-0.39, 0.29) is 17.6 Å². The van der Waals surface area contributed by atoms with Crippen LogP contribution in [0.5, 0.6) is 0 Å². The van der Waals surface area contributed by atoms with Crippen LogP contribution in [0.2, 0.25) is 0 Å². The number of aromatic nitrogens is 4. The molecule has 4 aliphatic heterocycles. The summed E-state index contributed by atoms with van der Waals surface area (Å²) in [5, 5.41) is 0. The molecule has 0 amide bonds. The van der Waals surface area contributed by atoms with Crippen LogP contribution in [-0.2, 0) is 0 Å². The molecule has 2 aromatic heterocycles. The Balaban J connectivity index is 1.53. The van der Waals surface area contributed by atoms with Gasteiger partial charge in [-0.3, -0.25) is 0 Å². The Hall–Kier alpha value is -7.70. The molecule has 2 atom stereocenters. The van der Waals surface area contributed by atoms with E-state index in [1.807, 2.05) is 0 Å². The Morgan fingerprint density at radius 1 is 0.315 bits per heavy atom. The van der Waals surface area contributed by atoms with E-state index in [0.717, 1.165) is 0 Å². The number of aromatic amines is 2. The zero-order chi connectivity index (χ0) is 52.9. The molecule has 10 rings (SSSR count). The van der Waals surface area contributed by atoms with Crippen LogP contribution in [-0.4, -0.2) is 51.6 Å². The molecule has 25 heteroatoms. The number of quaternary nitrogens is 1. The number of nitrogens with one attached hydrogen (secondary N) is 2. The Labute approximate surface area is 393 Å². The Morgan fingerprint density at radius 2 is 0.534 bits per heavy atom. The van der Waals surface area contributed by atoms with Crippen molar-refractivity contribution >= 4 is 35.3 Å². The van der Waals surface area contributed by atoms with Crippen molar-refractivity contribution in [2.45, 2.75) is 11.8 Å². The van der Waals surface area contributed by atoms with E-state index in [1.54, 1.807) is 0 Å². The van der Waals surface area contributed by atoms with Gasteiger partial charge >= 0.3 is 0 Å². The van der Waals surface area contributed by atoms with Gasteiger partial charge in [-0.2, -0.15) is 0 Å². The summed E-state index contributed by atoms with van der Waals surface area (Å²) < 4.78 is 309. The summed E-state index contributed by atoms with van der Waals surface area (Å²) in [5.74, 6) is -55.0. The van der Waals surface area contributed by atoms with E-state index < -0.39 is 218 Å². The lowest BCUT2D eigenvalue weighted by Crippen LogP contribution is -2.37. The summed E-state index contributed by atoms with van der Waals surface area (Å²) >= 11 is 0. The van der Waals surface area contributed by atoms with Crippen molar-refractivity contribution in [2.24, 2.45) is 0 Å². The standard InChI is InChI=1S/C48H20F20N5/c1-73(2)9-11-12(10-73)48-22(26-33(55)41(63)46(68)42(64)34(26)56)18-8-6-16(71-18)20(24-29(51)37(59)44(66)38(60)30(24)52)14-4-3-13(69-14)19(23-27(49)35(57)43(65)36(58)28(23)50)15-5-7-17(70-15)21(47(11)72-48)25-31(53)39(61)45(67)40(62)32(25)54/h3-8,11-12,69,72H,9-10H2,1-2H3/q+1. The minimum atomic E-state index is -2.71. The van der Waals surface area contributed by atoms with E-state index in [2.05, 4.69) is 19.9 Å². The molecule has 1 fully saturated rings. The van der Waals surface area contributed by atoms with Crippen LogP contribution >= 0.6 is 0 Å². The SMILES string of the molecule is C[N+]1(C)CC2c3[nH]c(c(-c4c(F)c(F)c(F)c(F)c4F)c4nc(c(-c5c(F)c(F)c(F)c(F)c5F)c5ccc([nH]5)c(-c5c(F)c(F)c(F)c(F)c5F)c5nc(c3-c3c(F)c(F)c(F)c(F)c3F)C=C5)C=C4)C2C1. The van der Waals surface area contributed by atoms with Crippen LogP contribution < -0.4 is 0 Å². The van der Waals surface area contributed by atoms with Gasteiger partial charge in [0.2, 0.25) is 23.3 Å². The highest BCUT2D eigenvalue weighted by atomic mass is 19.2. The second-order valence-corrected chi connectivity index (χ2v) is 17.5. The molecule has 5 nitrogen and oxygen atoms in total. The number of benzene rings is 4. The van der Waals surface area contributed by atoms with E-state index in [1.165, 1.54) is 14.1 Å². The molecule has 6 aromatic rings. The van der Waals surface area contributed by atoms with Gasteiger partial charge in [-0.15, -0.1) is 0 Å². The van der Waals surface area contributed by atoms with Crippen molar-refractivity contribution in [1.29, 1.82) is 0 Å². The van der Waals surface area contributed by atoms with E-state index in [0.29, 0.717) is 36.4 Å². The highest BCUT2D eigenvalue weighted by Crippen LogP contribution is 2.53. The maximum Gasteiger partial charge on any atom is 0.200 e. The number of halogens is 20. The summed E-state index contributed by atoms with van der Waals surface area (Å²) in [6.07, 6.45) is 2.68. The van der Waals surface area contributed by atoms with Gasteiger partial charge < -0.3 is 14.5 Å². The number of rotatable bonds is 4. The number of hydrogen-bond acceptors (Lipinski definition) is 2. The highest BCUT2D eigenvalue weighted by Gasteiger charge is 2.50. The zero-order valence-electron chi connectivity index (χ0n) is 35.9. The van der Waals surface area contributed by atoms with Gasteiger partial charge in [0.15, 0.2) is 93.1 Å². The predicted molar refractivity (Wildman–Crippen MR) is 218 cm³/mol. The number of likely N-dealkylation sites (N-methyl/N-ethyl adjacent to an activating group) is 1. The molecule has 0 saturated carbocycles. The molecular formula is C48H20F20N5+. The smallest absolute Gasteiger partial charge is 0.200 e. The van der Waals surface area contributed by atoms with Crippen molar-refractivity contribution in [2.75, 3.05) is 27.2 Å². The number of nitrogens with zero attached hydrogens (tertiary/aromatic N) is 3. The molecule has 376 valence electrons. The first kappa shape index (κ1) is 48.9. The molecule has 1 saturated heterocycles. The molecule has 0 spiro atoms. The second kappa shape index (κ2) is 16.7. The average molecular weight is 1050 g/mol. The summed E-state index contributed by atoms with van der Waals surface area (Å²) in [5.41, 5.74) is -19.2. The molecule has 4 aromatic carbocycles. The van der Waals surface area contributed by atoms with Crippen molar-refractivity contribution in [1.82, 2.24) is 19.9 Å². The third-order valence-corrected chi connectivity index (χ3v) is 12.8. The van der Waals surface area contributed by atoms with Crippen LogP contribution in [0.3, 0.4) is 0 Å². The monoisotopic (exact) mass is 1050 g/mol. The minimum Gasteiger partial charge on any atom is -0.360 e. The lowest BCUT2D eigenvalue weighted by Gasteiger charge is -2.25. The molecule has 8 bridgehead atoms. The summed E-state index contributed by atoms with van der Waals surface area (Å²) in [6, 6.07) is 1.31. The molecule has 0 radical (unpaired) electrons. The van der Waals surface area contributed by atoms with Gasteiger partial charge in [-0.1, -0.05) is 0 Å². The first-order valence-electron chi connectivity index (χ1n) is 20.7. The Kier molecular flexibility index (Phi) is 11.2. The van der Waals surface area contributed by atoms with Crippen LogP contribution in [0.25, 0.3) is 79.8 Å². The van der Waals surface area contributed by atoms with Crippen LogP contribution in [0.4, 0.5) is 87.8 Å². The van der Waals surface area contributed by atoms with Crippen molar-refractivity contribution in [3.05, 3.63) is 163 Å².